The van der Waals surface area contributed by atoms with Crippen LogP contribution in [0.25, 0.3) is 0 Å². The smallest absolute Gasteiger partial charge is 0.255 e. The van der Waals surface area contributed by atoms with Gasteiger partial charge < -0.3 is 15.4 Å². The normalized spacial score (nSPS) is 16.6. The molecule has 0 aliphatic carbocycles. The first kappa shape index (κ1) is 19.6. The van der Waals surface area contributed by atoms with E-state index in [9.17, 15) is 4.79 Å². The van der Waals surface area contributed by atoms with Gasteiger partial charge in [-0.15, -0.1) is 12.4 Å². The molecule has 2 aromatic carbocycles. The van der Waals surface area contributed by atoms with E-state index in [2.05, 4.69) is 22.8 Å². The lowest BCUT2D eigenvalue weighted by Crippen LogP contribution is -2.28. The van der Waals surface area contributed by atoms with Crippen molar-refractivity contribution in [3.8, 4) is 5.75 Å². The van der Waals surface area contributed by atoms with Crippen LogP contribution in [0.5, 0.6) is 5.75 Å². The van der Waals surface area contributed by atoms with E-state index in [0.717, 1.165) is 18.8 Å². The Morgan fingerprint density at radius 1 is 1.24 bits per heavy atom. The highest BCUT2D eigenvalue weighted by Gasteiger charge is 2.15. The van der Waals surface area contributed by atoms with Gasteiger partial charge in [0.1, 0.15) is 5.75 Å². The molecule has 1 fully saturated rings. The molecule has 0 unspecified atom stereocenters. The number of hydrogen-bond acceptors (Lipinski definition) is 3. The van der Waals surface area contributed by atoms with Crippen molar-refractivity contribution in [2.24, 2.45) is 0 Å². The van der Waals surface area contributed by atoms with E-state index in [1.54, 1.807) is 25.3 Å². The van der Waals surface area contributed by atoms with Crippen molar-refractivity contribution in [1.29, 1.82) is 0 Å². The van der Waals surface area contributed by atoms with Gasteiger partial charge in [0, 0.05) is 17.8 Å². The summed E-state index contributed by atoms with van der Waals surface area (Å²) in [6.45, 7) is 2.13. The molecule has 2 aromatic rings. The molecule has 2 N–H and O–H groups in total. The third-order valence-electron chi connectivity index (χ3n) is 4.35. The SMILES string of the molecule is COc1ccc(C(=O)Nc2ccc([C@H]3CCCNC3)cc2)cc1Cl.Cl. The molecule has 3 rings (SSSR count). The number of rotatable bonds is 4. The topological polar surface area (TPSA) is 50.4 Å². The van der Waals surface area contributed by atoms with Crippen LogP contribution in [0, 0.1) is 0 Å². The number of ether oxygens (including phenoxy) is 1. The fourth-order valence-corrected chi connectivity index (χ4v) is 3.24. The molecule has 6 heteroatoms. The largest absolute Gasteiger partial charge is 0.495 e. The average molecular weight is 381 g/mol. The maximum absolute atomic E-state index is 12.3. The van der Waals surface area contributed by atoms with Crippen LogP contribution in [0.1, 0.15) is 34.7 Å². The van der Waals surface area contributed by atoms with Gasteiger partial charge in [-0.2, -0.15) is 0 Å². The van der Waals surface area contributed by atoms with Crippen LogP contribution in [0.4, 0.5) is 5.69 Å². The predicted octanol–water partition coefficient (Wildman–Crippen LogP) is 4.49. The van der Waals surface area contributed by atoms with E-state index in [0.29, 0.717) is 22.3 Å². The van der Waals surface area contributed by atoms with E-state index in [4.69, 9.17) is 16.3 Å². The zero-order valence-corrected chi connectivity index (χ0v) is 15.6. The molecule has 0 radical (unpaired) electrons. The van der Waals surface area contributed by atoms with Gasteiger partial charge in [0.15, 0.2) is 0 Å². The summed E-state index contributed by atoms with van der Waals surface area (Å²) in [6, 6.07) is 13.1. The molecule has 4 nitrogen and oxygen atoms in total. The number of halogens is 2. The minimum Gasteiger partial charge on any atom is -0.495 e. The lowest BCUT2D eigenvalue weighted by molar-refractivity contribution is 0.102. The third kappa shape index (κ3) is 4.88. The second kappa shape index (κ2) is 9.09. The Balaban J connectivity index is 0.00000225. The fourth-order valence-electron chi connectivity index (χ4n) is 2.99. The number of methoxy groups -OCH3 is 1. The van der Waals surface area contributed by atoms with Crippen molar-refractivity contribution in [3.05, 3.63) is 58.6 Å². The Labute approximate surface area is 159 Å². The van der Waals surface area contributed by atoms with Gasteiger partial charge in [0.25, 0.3) is 5.91 Å². The van der Waals surface area contributed by atoms with Crippen LogP contribution < -0.4 is 15.4 Å². The standard InChI is InChI=1S/C19H21ClN2O2.ClH/c1-24-18-9-6-14(11-17(18)20)19(23)22-16-7-4-13(5-8-16)15-3-2-10-21-12-15;/h4-9,11,15,21H,2-3,10,12H2,1H3,(H,22,23);1H/t15-;/m0./s1. The highest BCUT2D eigenvalue weighted by atomic mass is 35.5. The maximum atomic E-state index is 12.3. The molecule has 0 spiro atoms. The minimum atomic E-state index is -0.188. The van der Waals surface area contributed by atoms with Gasteiger partial charge in [-0.25, -0.2) is 0 Å². The maximum Gasteiger partial charge on any atom is 0.255 e. The molecule has 1 saturated heterocycles. The summed E-state index contributed by atoms with van der Waals surface area (Å²) in [5.41, 5.74) is 2.59. The van der Waals surface area contributed by atoms with Gasteiger partial charge in [0.05, 0.1) is 12.1 Å². The van der Waals surface area contributed by atoms with Gasteiger partial charge >= 0.3 is 0 Å². The number of carbonyl (C=O) groups is 1. The summed E-state index contributed by atoms with van der Waals surface area (Å²) in [4.78, 5) is 12.3. The van der Waals surface area contributed by atoms with Crippen molar-refractivity contribution in [2.45, 2.75) is 18.8 Å². The van der Waals surface area contributed by atoms with Crippen LogP contribution >= 0.6 is 24.0 Å². The molecular weight excluding hydrogens is 359 g/mol. The average Bonchev–Trinajstić information content (AvgIpc) is 2.63. The third-order valence-corrected chi connectivity index (χ3v) is 4.65. The van der Waals surface area contributed by atoms with Gasteiger partial charge in [-0.3, -0.25) is 4.79 Å². The number of benzene rings is 2. The van der Waals surface area contributed by atoms with Gasteiger partial charge in [-0.05, 0) is 61.2 Å². The molecule has 1 amide bonds. The second-order valence-corrected chi connectivity index (χ2v) is 6.38. The molecule has 1 atom stereocenters. The summed E-state index contributed by atoms with van der Waals surface area (Å²) in [5.74, 6) is 0.925. The number of anilines is 1. The lowest BCUT2D eigenvalue weighted by Gasteiger charge is -2.23. The summed E-state index contributed by atoms with van der Waals surface area (Å²) in [7, 11) is 1.55. The van der Waals surface area contributed by atoms with E-state index in [1.807, 2.05) is 12.1 Å². The van der Waals surface area contributed by atoms with Crippen LogP contribution in [-0.4, -0.2) is 26.1 Å². The van der Waals surface area contributed by atoms with Crippen molar-refractivity contribution in [2.75, 3.05) is 25.5 Å². The number of carbonyl (C=O) groups excluding carboxylic acids is 1. The molecule has 25 heavy (non-hydrogen) atoms. The molecule has 0 bridgehead atoms. The fraction of sp³-hybridized carbons (Fsp3) is 0.316. The Hall–Kier alpha value is -1.75. The quantitative estimate of drug-likeness (QED) is 0.821. The Morgan fingerprint density at radius 2 is 2.00 bits per heavy atom. The molecule has 0 aromatic heterocycles. The minimum absolute atomic E-state index is 0. The first-order chi connectivity index (χ1) is 11.7. The molecule has 1 aliphatic rings. The van der Waals surface area contributed by atoms with Crippen molar-refractivity contribution in [1.82, 2.24) is 5.32 Å². The van der Waals surface area contributed by atoms with E-state index in [-0.39, 0.29) is 18.3 Å². The lowest BCUT2D eigenvalue weighted by atomic mass is 9.91. The first-order valence-corrected chi connectivity index (χ1v) is 8.51. The summed E-state index contributed by atoms with van der Waals surface area (Å²) >= 11 is 6.07. The van der Waals surface area contributed by atoms with Crippen molar-refractivity contribution >= 4 is 35.6 Å². The van der Waals surface area contributed by atoms with Crippen LogP contribution in [0.2, 0.25) is 5.02 Å². The van der Waals surface area contributed by atoms with Crippen LogP contribution in [0.3, 0.4) is 0 Å². The Kier molecular flexibility index (Phi) is 7.12. The molecule has 0 saturated carbocycles. The van der Waals surface area contributed by atoms with E-state index >= 15 is 0 Å². The van der Waals surface area contributed by atoms with Crippen molar-refractivity contribution in [3.63, 3.8) is 0 Å². The highest BCUT2D eigenvalue weighted by molar-refractivity contribution is 6.32. The van der Waals surface area contributed by atoms with E-state index < -0.39 is 0 Å². The van der Waals surface area contributed by atoms with Gasteiger partial charge in [0.2, 0.25) is 0 Å². The predicted molar refractivity (Wildman–Crippen MR) is 104 cm³/mol. The molecule has 1 aliphatic heterocycles. The molecular formula is C19H22Cl2N2O2. The highest BCUT2D eigenvalue weighted by Crippen LogP contribution is 2.26. The van der Waals surface area contributed by atoms with Crippen molar-refractivity contribution < 1.29 is 9.53 Å². The zero-order valence-electron chi connectivity index (χ0n) is 14.0. The monoisotopic (exact) mass is 380 g/mol. The number of nitrogens with one attached hydrogen (secondary N) is 2. The Morgan fingerprint density at radius 3 is 2.60 bits per heavy atom. The second-order valence-electron chi connectivity index (χ2n) is 5.97. The van der Waals surface area contributed by atoms with Crippen LogP contribution in [-0.2, 0) is 0 Å². The number of hydrogen-bond donors (Lipinski definition) is 2. The molecule has 134 valence electrons. The Bertz CT molecular complexity index is 714. The zero-order chi connectivity index (χ0) is 16.9. The summed E-state index contributed by atoms with van der Waals surface area (Å²) in [6.07, 6.45) is 2.42. The summed E-state index contributed by atoms with van der Waals surface area (Å²) in [5, 5.41) is 6.74. The van der Waals surface area contributed by atoms with Gasteiger partial charge in [-0.1, -0.05) is 23.7 Å². The van der Waals surface area contributed by atoms with Crippen LogP contribution in [0.15, 0.2) is 42.5 Å². The number of amides is 1. The van der Waals surface area contributed by atoms with E-state index in [1.165, 1.54) is 18.4 Å². The summed E-state index contributed by atoms with van der Waals surface area (Å²) < 4.78 is 5.10. The molecule has 1 heterocycles. The number of piperidine rings is 1. The first-order valence-electron chi connectivity index (χ1n) is 8.13.